The van der Waals surface area contributed by atoms with Crippen LogP contribution < -0.4 is 4.74 Å². The molecule has 0 unspecified atom stereocenters. The summed E-state index contributed by atoms with van der Waals surface area (Å²) in [5.74, 6) is 0.272. The van der Waals surface area contributed by atoms with Crippen LogP contribution in [0.5, 0.6) is 5.75 Å². The third kappa shape index (κ3) is 3.48. The van der Waals surface area contributed by atoms with Crippen molar-refractivity contribution < 1.29 is 19.1 Å². The minimum absolute atomic E-state index is 0.0459. The standard InChI is InChI=1S/C20H20O4/c1-2-23-20(22)17-11-16(17)15-9-6-10-19(18(15)12-21)24-13-14-7-4-3-5-8-14/h3-10,12,16-17H,2,11,13H2,1H3/t16-,17+/m0/s1. The fourth-order valence-electron chi connectivity index (χ4n) is 2.92. The highest BCUT2D eigenvalue weighted by Gasteiger charge is 2.46. The third-order valence-corrected chi connectivity index (χ3v) is 4.23. The minimum atomic E-state index is -0.185. The SMILES string of the molecule is CCOC(=O)[C@@H]1C[C@H]1c1cccc(OCc2ccccc2)c1C=O. The van der Waals surface area contributed by atoms with E-state index < -0.39 is 0 Å². The Morgan fingerprint density at radius 2 is 1.96 bits per heavy atom. The zero-order valence-electron chi connectivity index (χ0n) is 13.6. The largest absolute Gasteiger partial charge is 0.488 e. The maximum absolute atomic E-state index is 11.8. The number of esters is 1. The third-order valence-electron chi connectivity index (χ3n) is 4.23. The second kappa shape index (κ2) is 7.30. The molecular formula is C20H20O4. The highest BCUT2D eigenvalue weighted by molar-refractivity contribution is 5.84. The number of benzene rings is 2. The van der Waals surface area contributed by atoms with Crippen LogP contribution in [0.1, 0.15) is 40.7 Å². The van der Waals surface area contributed by atoms with Crippen molar-refractivity contribution in [2.24, 2.45) is 5.92 Å². The van der Waals surface area contributed by atoms with Crippen LogP contribution >= 0.6 is 0 Å². The summed E-state index contributed by atoms with van der Waals surface area (Å²) in [4.78, 5) is 23.4. The van der Waals surface area contributed by atoms with Crippen molar-refractivity contribution in [1.29, 1.82) is 0 Å². The maximum Gasteiger partial charge on any atom is 0.309 e. The molecule has 0 amide bonds. The highest BCUT2D eigenvalue weighted by atomic mass is 16.5. The first-order valence-corrected chi connectivity index (χ1v) is 8.16. The molecule has 0 N–H and O–H groups in total. The summed E-state index contributed by atoms with van der Waals surface area (Å²) in [6.07, 6.45) is 1.54. The fourth-order valence-corrected chi connectivity index (χ4v) is 2.92. The predicted molar refractivity (Wildman–Crippen MR) is 90.1 cm³/mol. The van der Waals surface area contributed by atoms with Gasteiger partial charge in [-0.25, -0.2) is 0 Å². The average Bonchev–Trinajstić information content (AvgIpc) is 3.41. The Kier molecular flexibility index (Phi) is 4.94. The van der Waals surface area contributed by atoms with E-state index >= 15 is 0 Å². The van der Waals surface area contributed by atoms with Gasteiger partial charge in [-0.2, -0.15) is 0 Å². The van der Waals surface area contributed by atoms with E-state index in [1.807, 2.05) is 42.5 Å². The first-order valence-electron chi connectivity index (χ1n) is 8.16. The molecule has 124 valence electrons. The van der Waals surface area contributed by atoms with Crippen LogP contribution in [0.15, 0.2) is 48.5 Å². The number of rotatable bonds is 7. The van der Waals surface area contributed by atoms with Crippen LogP contribution in [-0.2, 0) is 16.1 Å². The molecule has 24 heavy (non-hydrogen) atoms. The number of ether oxygens (including phenoxy) is 2. The van der Waals surface area contributed by atoms with Crippen LogP contribution in [0.2, 0.25) is 0 Å². The number of aldehydes is 1. The van der Waals surface area contributed by atoms with Gasteiger partial charge in [0.25, 0.3) is 0 Å². The van der Waals surface area contributed by atoms with E-state index in [0.29, 0.717) is 24.5 Å². The Hall–Kier alpha value is -2.62. The van der Waals surface area contributed by atoms with Gasteiger partial charge in [0, 0.05) is 0 Å². The van der Waals surface area contributed by atoms with E-state index in [0.717, 1.165) is 23.8 Å². The molecule has 0 heterocycles. The summed E-state index contributed by atoms with van der Waals surface area (Å²) in [6, 6.07) is 15.3. The molecule has 0 radical (unpaired) electrons. The topological polar surface area (TPSA) is 52.6 Å². The van der Waals surface area contributed by atoms with Crippen LogP contribution in [0.4, 0.5) is 0 Å². The van der Waals surface area contributed by atoms with Crippen molar-refractivity contribution in [3.8, 4) is 5.75 Å². The van der Waals surface area contributed by atoms with E-state index in [1.165, 1.54) is 0 Å². The van der Waals surface area contributed by atoms with Crippen molar-refractivity contribution >= 4 is 12.3 Å². The molecule has 0 aromatic heterocycles. The molecule has 0 spiro atoms. The van der Waals surface area contributed by atoms with Gasteiger partial charge in [-0.3, -0.25) is 9.59 Å². The smallest absolute Gasteiger partial charge is 0.309 e. The summed E-state index contributed by atoms with van der Waals surface area (Å²) in [6.45, 7) is 2.57. The van der Waals surface area contributed by atoms with Gasteiger partial charge < -0.3 is 9.47 Å². The molecule has 1 fully saturated rings. The number of carbonyl (C=O) groups is 2. The predicted octanol–water partition coefficient (Wildman–Crippen LogP) is 3.74. The maximum atomic E-state index is 11.8. The molecule has 0 aliphatic heterocycles. The zero-order valence-corrected chi connectivity index (χ0v) is 13.6. The Labute approximate surface area is 141 Å². The number of carbonyl (C=O) groups excluding carboxylic acids is 2. The lowest BCUT2D eigenvalue weighted by molar-refractivity contribution is -0.144. The van der Waals surface area contributed by atoms with Crippen molar-refractivity contribution in [1.82, 2.24) is 0 Å². The molecule has 4 heteroatoms. The molecule has 1 aliphatic carbocycles. The summed E-state index contributed by atoms with van der Waals surface area (Å²) < 4.78 is 10.9. The molecule has 4 nitrogen and oxygen atoms in total. The molecule has 3 rings (SSSR count). The molecule has 1 aliphatic rings. The van der Waals surface area contributed by atoms with E-state index in [4.69, 9.17) is 9.47 Å². The second-order valence-corrected chi connectivity index (χ2v) is 5.85. The van der Waals surface area contributed by atoms with Gasteiger partial charge >= 0.3 is 5.97 Å². The first kappa shape index (κ1) is 16.2. The highest BCUT2D eigenvalue weighted by Crippen LogP contribution is 2.50. The molecular weight excluding hydrogens is 304 g/mol. The van der Waals surface area contributed by atoms with Gasteiger partial charge in [-0.1, -0.05) is 42.5 Å². The summed E-state index contributed by atoms with van der Waals surface area (Å²) in [7, 11) is 0. The van der Waals surface area contributed by atoms with Crippen molar-refractivity contribution in [3.63, 3.8) is 0 Å². The Morgan fingerprint density at radius 1 is 1.17 bits per heavy atom. The average molecular weight is 324 g/mol. The van der Waals surface area contributed by atoms with E-state index in [9.17, 15) is 9.59 Å². The minimum Gasteiger partial charge on any atom is -0.488 e. The molecule has 2 aromatic carbocycles. The monoisotopic (exact) mass is 324 g/mol. The Balaban J connectivity index is 1.75. The second-order valence-electron chi connectivity index (χ2n) is 5.85. The summed E-state index contributed by atoms with van der Waals surface area (Å²) in [5.41, 5.74) is 2.44. The summed E-state index contributed by atoms with van der Waals surface area (Å²) in [5, 5.41) is 0. The van der Waals surface area contributed by atoms with Crippen molar-refractivity contribution in [2.45, 2.75) is 25.9 Å². The molecule has 1 saturated carbocycles. The van der Waals surface area contributed by atoms with E-state index in [2.05, 4.69) is 0 Å². The lowest BCUT2D eigenvalue weighted by atomic mass is 10.0. The molecule has 0 bridgehead atoms. The number of hydrogen-bond donors (Lipinski definition) is 0. The lowest BCUT2D eigenvalue weighted by Gasteiger charge is -2.12. The van der Waals surface area contributed by atoms with Gasteiger partial charge in [0.05, 0.1) is 18.1 Å². The Bertz CT molecular complexity index is 724. The van der Waals surface area contributed by atoms with Crippen LogP contribution in [0.3, 0.4) is 0 Å². The summed E-state index contributed by atoms with van der Waals surface area (Å²) >= 11 is 0. The molecule has 2 atom stereocenters. The quantitative estimate of drug-likeness (QED) is 0.575. The van der Waals surface area contributed by atoms with Crippen LogP contribution in [0.25, 0.3) is 0 Å². The van der Waals surface area contributed by atoms with Crippen molar-refractivity contribution in [3.05, 3.63) is 65.2 Å². The van der Waals surface area contributed by atoms with Crippen LogP contribution in [0, 0.1) is 5.92 Å². The van der Waals surface area contributed by atoms with E-state index in [-0.39, 0.29) is 17.8 Å². The van der Waals surface area contributed by atoms with Gasteiger partial charge in [-0.05, 0) is 36.5 Å². The zero-order chi connectivity index (χ0) is 16.9. The van der Waals surface area contributed by atoms with Gasteiger partial charge in [0.1, 0.15) is 12.4 Å². The Morgan fingerprint density at radius 3 is 2.67 bits per heavy atom. The first-order chi connectivity index (χ1) is 11.7. The van der Waals surface area contributed by atoms with E-state index in [1.54, 1.807) is 13.0 Å². The lowest BCUT2D eigenvalue weighted by Crippen LogP contribution is -2.08. The van der Waals surface area contributed by atoms with Crippen molar-refractivity contribution in [2.75, 3.05) is 6.61 Å². The molecule has 2 aromatic rings. The number of hydrogen-bond acceptors (Lipinski definition) is 4. The van der Waals surface area contributed by atoms with Gasteiger partial charge in [0.15, 0.2) is 6.29 Å². The van der Waals surface area contributed by atoms with Gasteiger partial charge in [0.2, 0.25) is 0 Å². The molecule has 0 saturated heterocycles. The normalized spacial score (nSPS) is 18.7. The van der Waals surface area contributed by atoms with Crippen LogP contribution in [-0.4, -0.2) is 18.9 Å². The van der Waals surface area contributed by atoms with Gasteiger partial charge in [-0.15, -0.1) is 0 Å². The fraction of sp³-hybridized carbons (Fsp3) is 0.300.